The van der Waals surface area contributed by atoms with Gasteiger partial charge in [0.15, 0.2) is 0 Å². The fourth-order valence-electron chi connectivity index (χ4n) is 4.41. The van der Waals surface area contributed by atoms with E-state index in [0.717, 1.165) is 0 Å². The Morgan fingerprint density at radius 2 is 1.90 bits per heavy atom. The number of carbonyl (C=O) groups is 1. The second kappa shape index (κ2) is 8.32. The van der Waals surface area contributed by atoms with Crippen LogP contribution in [0, 0.1) is 17.7 Å². The summed E-state index contributed by atoms with van der Waals surface area (Å²) >= 11 is 5.89. The Morgan fingerprint density at radius 3 is 2.60 bits per heavy atom. The number of anilines is 1. The molecule has 4 rings (SSSR count). The molecule has 156 valence electrons. The molecule has 30 heavy (non-hydrogen) atoms. The molecule has 1 heterocycles. The van der Waals surface area contributed by atoms with Gasteiger partial charge in [0.2, 0.25) is 5.91 Å². The van der Waals surface area contributed by atoms with Gasteiger partial charge in [0.25, 0.3) is 0 Å². The van der Waals surface area contributed by atoms with Gasteiger partial charge >= 0.3 is 0 Å². The first-order valence-electron chi connectivity index (χ1n) is 10.2. The minimum absolute atomic E-state index is 0.0378. The number of amides is 1. The molecule has 1 aliphatic carbocycles. The van der Waals surface area contributed by atoms with Gasteiger partial charge in [-0.15, -0.1) is 0 Å². The van der Waals surface area contributed by atoms with Gasteiger partial charge < -0.3 is 10.4 Å². The van der Waals surface area contributed by atoms with Crippen molar-refractivity contribution in [3.05, 3.63) is 71.1 Å². The number of carbonyl (C=O) groups excluding carboxylic acids is 1. The minimum atomic E-state index is -1.04. The maximum Gasteiger partial charge on any atom is 0.227 e. The van der Waals surface area contributed by atoms with E-state index < -0.39 is 5.60 Å². The molecule has 1 unspecified atom stereocenters. The van der Waals surface area contributed by atoms with Crippen LogP contribution in [0.2, 0.25) is 5.02 Å². The van der Waals surface area contributed by atoms with Crippen LogP contribution >= 0.6 is 11.6 Å². The van der Waals surface area contributed by atoms with Crippen molar-refractivity contribution in [1.29, 1.82) is 0 Å². The summed E-state index contributed by atoms with van der Waals surface area (Å²) in [7, 11) is 0. The number of pyridine rings is 1. The fourth-order valence-corrected chi connectivity index (χ4v) is 4.54. The molecule has 2 aromatic carbocycles. The van der Waals surface area contributed by atoms with Crippen molar-refractivity contribution in [2.75, 3.05) is 5.32 Å². The second-order valence-corrected chi connectivity index (χ2v) is 8.61. The highest BCUT2D eigenvalue weighted by Crippen LogP contribution is 2.44. The molecule has 1 atom stereocenters. The first kappa shape index (κ1) is 20.8. The molecule has 0 spiro atoms. The van der Waals surface area contributed by atoms with Gasteiger partial charge in [-0.1, -0.05) is 18.5 Å². The number of benzene rings is 2. The molecule has 0 aliphatic heterocycles. The maximum atomic E-state index is 13.8. The van der Waals surface area contributed by atoms with Crippen molar-refractivity contribution < 1.29 is 14.3 Å². The molecule has 1 amide bonds. The maximum absolute atomic E-state index is 13.8. The molecular weight excluding hydrogens is 403 g/mol. The Balaban J connectivity index is 1.46. The Labute approximate surface area is 180 Å². The summed E-state index contributed by atoms with van der Waals surface area (Å²) in [6.45, 7) is 1.93. The van der Waals surface area contributed by atoms with Crippen LogP contribution in [0.3, 0.4) is 0 Å². The van der Waals surface area contributed by atoms with Gasteiger partial charge in [0.05, 0.1) is 11.1 Å². The predicted octanol–water partition coefficient (Wildman–Crippen LogP) is 5.68. The van der Waals surface area contributed by atoms with E-state index in [9.17, 15) is 14.3 Å². The van der Waals surface area contributed by atoms with Gasteiger partial charge in [-0.3, -0.25) is 9.78 Å². The van der Waals surface area contributed by atoms with Gasteiger partial charge in [-0.05, 0) is 85.7 Å². The van der Waals surface area contributed by atoms with Gasteiger partial charge in [0, 0.05) is 28.2 Å². The van der Waals surface area contributed by atoms with Crippen LogP contribution in [-0.4, -0.2) is 16.0 Å². The van der Waals surface area contributed by atoms with Crippen molar-refractivity contribution in [3.63, 3.8) is 0 Å². The summed E-state index contributed by atoms with van der Waals surface area (Å²) in [4.78, 5) is 17.0. The van der Waals surface area contributed by atoms with Crippen LogP contribution < -0.4 is 5.32 Å². The number of fused-ring (bicyclic) bond motifs is 1. The molecule has 1 saturated carbocycles. The van der Waals surface area contributed by atoms with Crippen molar-refractivity contribution >= 4 is 34.1 Å². The zero-order chi connectivity index (χ0) is 21.3. The van der Waals surface area contributed by atoms with E-state index >= 15 is 0 Å². The van der Waals surface area contributed by atoms with E-state index in [4.69, 9.17) is 11.6 Å². The van der Waals surface area contributed by atoms with Crippen LogP contribution in [0.1, 0.15) is 38.2 Å². The summed E-state index contributed by atoms with van der Waals surface area (Å²) in [5.41, 5.74) is 1.05. The zero-order valence-corrected chi connectivity index (χ0v) is 17.5. The van der Waals surface area contributed by atoms with Crippen LogP contribution in [0.4, 0.5) is 10.1 Å². The number of rotatable bonds is 4. The smallest absolute Gasteiger partial charge is 0.227 e. The number of aliphatic hydroxyl groups is 1. The third-order valence-corrected chi connectivity index (χ3v) is 6.55. The average molecular weight is 427 g/mol. The number of halogens is 2. The number of nitrogens with one attached hydrogen (secondary N) is 1. The quantitative estimate of drug-likeness (QED) is 0.564. The van der Waals surface area contributed by atoms with Crippen molar-refractivity contribution in [3.8, 4) is 0 Å². The third-order valence-electron chi connectivity index (χ3n) is 6.29. The molecule has 1 aliphatic rings. The Kier molecular flexibility index (Phi) is 5.76. The highest BCUT2D eigenvalue weighted by molar-refractivity contribution is 6.30. The lowest BCUT2D eigenvalue weighted by atomic mass is 9.71. The molecule has 0 saturated heterocycles. The summed E-state index contributed by atoms with van der Waals surface area (Å²) < 4.78 is 13.8. The van der Waals surface area contributed by atoms with Gasteiger partial charge in [0.1, 0.15) is 5.82 Å². The molecule has 2 N–H and O–H groups in total. The predicted molar refractivity (Wildman–Crippen MR) is 117 cm³/mol. The van der Waals surface area contributed by atoms with E-state index in [-0.39, 0.29) is 23.6 Å². The summed E-state index contributed by atoms with van der Waals surface area (Å²) in [6, 6.07) is 13.3. The number of hydrogen-bond acceptors (Lipinski definition) is 3. The normalized spacial score (nSPS) is 22.6. The average Bonchev–Trinajstić information content (AvgIpc) is 2.75. The SMILES string of the molecule is CC(C(=O)Nc1ccc(Cl)cc1)C1CCC(O)(c2ccnc3ccc(F)cc23)CC1. The lowest BCUT2D eigenvalue weighted by Crippen LogP contribution is -2.36. The lowest BCUT2D eigenvalue weighted by molar-refractivity contribution is -0.122. The monoisotopic (exact) mass is 426 g/mol. The van der Waals surface area contributed by atoms with Crippen LogP contribution in [0.25, 0.3) is 10.9 Å². The Morgan fingerprint density at radius 1 is 1.20 bits per heavy atom. The first-order chi connectivity index (χ1) is 14.4. The van der Waals surface area contributed by atoms with E-state index in [0.29, 0.717) is 52.9 Å². The van der Waals surface area contributed by atoms with E-state index in [2.05, 4.69) is 10.3 Å². The molecule has 4 nitrogen and oxygen atoms in total. The molecular formula is C24H24ClFN2O2. The molecule has 0 bridgehead atoms. The fraction of sp³-hybridized carbons (Fsp3) is 0.333. The second-order valence-electron chi connectivity index (χ2n) is 8.17. The third kappa shape index (κ3) is 4.18. The zero-order valence-electron chi connectivity index (χ0n) is 16.7. The van der Waals surface area contributed by atoms with E-state index in [1.165, 1.54) is 12.1 Å². The molecule has 3 aromatic rings. The van der Waals surface area contributed by atoms with Crippen molar-refractivity contribution in [1.82, 2.24) is 4.98 Å². The lowest BCUT2D eigenvalue weighted by Gasteiger charge is -2.38. The topological polar surface area (TPSA) is 62.2 Å². The van der Waals surface area contributed by atoms with Crippen LogP contribution in [0.5, 0.6) is 0 Å². The standard InChI is InChI=1S/C24H24ClFN2O2/c1-15(23(29)28-19-5-2-17(25)3-6-19)16-8-11-24(30,12-9-16)21-10-13-27-22-7-4-18(26)14-20(21)22/h2-7,10,13-16,30H,8-9,11-12H2,1H3,(H,28,29). The summed E-state index contributed by atoms with van der Waals surface area (Å²) in [5.74, 6) is -0.398. The highest BCUT2D eigenvalue weighted by Gasteiger charge is 2.38. The minimum Gasteiger partial charge on any atom is -0.385 e. The van der Waals surface area contributed by atoms with Crippen molar-refractivity contribution in [2.45, 2.75) is 38.2 Å². The van der Waals surface area contributed by atoms with E-state index in [1.54, 1.807) is 42.6 Å². The summed E-state index contributed by atoms with van der Waals surface area (Å²) in [5, 5.41) is 15.6. The number of aromatic nitrogens is 1. The molecule has 6 heteroatoms. The Bertz CT molecular complexity index is 1060. The molecule has 0 radical (unpaired) electrons. The summed E-state index contributed by atoms with van der Waals surface area (Å²) in [6.07, 6.45) is 4.12. The highest BCUT2D eigenvalue weighted by atomic mass is 35.5. The first-order valence-corrected chi connectivity index (χ1v) is 10.6. The van der Waals surface area contributed by atoms with Crippen LogP contribution in [-0.2, 0) is 10.4 Å². The Hall–Kier alpha value is -2.50. The largest absolute Gasteiger partial charge is 0.385 e. The number of hydrogen-bond donors (Lipinski definition) is 2. The number of nitrogens with zero attached hydrogens (tertiary/aromatic N) is 1. The van der Waals surface area contributed by atoms with E-state index in [1.807, 2.05) is 6.92 Å². The molecule has 1 fully saturated rings. The van der Waals surface area contributed by atoms with Crippen molar-refractivity contribution in [2.24, 2.45) is 11.8 Å². The van der Waals surface area contributed by atoms with Gasteiger partial charge in [-0.25, -0.2) is 4.39 Å². The van der Waals surface area contributed by atoms with Gasteiger partial charge in [-0.2, -0.15) is 0 Å². The molecule has 1 aromatic heterocycles. The van der Waals surface area contributed by atoms with Crippen LogP contribution in [0.15, 0.2) is 54.7 Å².